The quantitative estimate of drug-likeness (QED) is 0.577. The number of benzene rings is 1. The normalized spacial score (nSPS) is 16.0. The lowest BCUT2D eigenvalue weighted by Gasteiger charge is -2.15. The smallest absolute Gasteiger partial charge is 0.529 e. The topological polar surface area (TPSA) is 18.5 Å². The zero-order chi connectivity index (χ0) is 12.1. The van der Waals surface area contributed by atoms with Gasteiger partial charge in [0.25, 0.3) is 0 Å². The summed E-state index contributed by atoms with van der Waals surface area (Å²) in [6, 6.07) is 8.29. The molecule has 0 spiro atoms. The highest BCUT2D eigenvalue weighted by Gasteiger charge is 2.18. The minimum atomic E-state index is 0.418. The van der Waals surface area contributed by atoms with Crippen molar-refractivity contribution in [3.8, 4) is 0 Å². The maximum absolute atomic E-state index is 5.34. The molecule has 87 valence electrons. The van der Waals surface area contributed by atoms with Crippen molar-refractivity contribution in [2.75, 3.05) is 0 Å². The van der Waals surface area contributed by atoms with Gasteiger partial charge in [-0.2, -0.15) is 0 Å². The Kier molecular flexibility index (Phi) is 3.91. The van der Waals surface area contributed by atoms with E-state index in [0.717, 1.165) is 17.7 Å². The average Bonchev–Trinajstić information content (AvgIpc) is 2.90. The second kappa shape index (κ2) is 5.62. The predicted molar refractivity (Wildman–Crippen MR) is 70.2 cm³/mol. The van der Waals surface area contributed by atoms with Gasteiger partial charge in [-0.25, -0.2) is 0 Å². The van der Waals surface area contributed by atoms with Crippen LogP contribution in [0, 0.1) is 0 Å². The van der Waals surface area contributed by atoms with Gasteiger partial charge < -0.3 is 9.31 Å². The molecular weight excluding hydrogens is 211 g/mol. The lowest BCUT2D eigenvalue weighted by molar-refractivity contribution is 0.453. The number of rotatable bonds is 4. The van der Waals surface area contributed by atoms with Crippen LogP contribution in [0.15, 0.2) is 42.7 Å². The van der Waals surface area contributed by atoms with Crippen molar-refractivity contribution < 1.29 is 9.31 Å². The molecule has 0 saturated heterocycles. The molecule has 0 saturated carbocycles. The van der Waals surface area contributed by atoms with E-state index in [1.807, 2.05) is 13.0 Å². The lowest BCUT2D eigenvalue weighted by atomic mass is 9.91. The molecule has 1 radical (unpaired) electrons. The first-order valence-electron chi connectivity index (χ1n) is 5.93. The summed E-state index contributed by atoms with van der Waals surface area (Å²) in [7, 11) is 1.35. The highest BCUT2D eigenvalue weighted by molar-refractivity contribution is 6.22. The summed E-state index contributed by atoms with van der Waals surface area (Å²) in [6.45, 7) is 4.24. The summed E-state index contributed by atoms with van der Waals surface area (Å²) in [5.74, 6) is 1.20. The van der Waals surface area contributed by atoms with E-state index in [2.05, 4.69) is 37.3 Å². The summed E-state index contributed by atoms with van der Waals surface area (Å²) >= 11 is 0. The van der Waals surface area contributed by atoms with Crippen molar-refractivity contribution >= 4 is 13.4 Å². The molecule has 1 heterocycles. The van der Waals surface area contributed by atoms with Crippen LogP contribution in [0.2, 0.25) is 0 Å². The van der Waals surface area contributed by atoms with Crippen molar-refractivity contribution in [1.29, 1.82) is 0 Å². The minimum Gasteiger partial charge on any atom is -0.529 e. The third-order valence-corrected chi connectivity index (χ3v) is 2.90. The van der Waals surface area contributed by atoms with Crippen molar-refractivity contribution in [2.45, 2.75) is 26.2 Å². The first-order valence-corrected chi connectivity index (χ1v) is 5.93. The predicted octanol–water partition coefficient (Wildman–Crippen LogP) is 3.64. The second-order valence-electron chi connectivity index (χ2n) is 3.96. The van der Waals surface area contributed by atoms with Crippen LogP contribution in [0.25, 0.3) is 5.76 Å². The van der Waals surface area contributed by atoms with E-state index < -0.39 is 0 Å². The molecule has 0 aliphatic carbocycles. The van der Waals surface area contributed by atoms with Crippen LogP contribution in [0.4, 0.5) is 0 Å². The number of hydrogen-bond acceptors (Lipinski definition) is 2. The molecule has 0 amide bonds. The van der Waals surface area contributed by atoms with Crippen molar-refractivity contribution in [3.05, 3.63) is 53.8 Å². The van der Waals surface area contributed by atoms with Crippen LogP contribution in [0.3, 0.4) is 0 Å². The molecule has 0 fully saturated rings. The molecule has 2 rings (SSSR count). The fourth-order valence-corrected chi connectivity index (χ4v) is 2.06. The third-order valence-electron chi connectivity index (χ3n) is 2.90. The molecule has 1 aliphatic rings. The van der Waals surface area contributed by atoms with Gasteiger partial charge in [-0.15, -0.1) is 0 Å². The Balaban J connectivity index is 2.38. The monoisotopic (exact) mass is 227 g/mol. The van der Waals surface area contributed by atoms with Crippen LogP contribution in [0.1, 0.15) is 37.3 Å². The van der Waals surface area contributed by atoms with E-state index in [0.29, 0.717) is 5.92 Å². The van der Waals surface area contributed by atoms with Crippen molar-refractivity contribution in [2.24, 2.45) is 0 Å². The summed E-state index contributed by atoms with van der Waals surface area (Å²) < 4.78 is 10.4. The molecule has 2 nitrogen and oxygen atoms in total. The second-order valence-corrected chi connectivity index (χ2v) is 3.96. The Morgan fingerprint density at radius 2 is 2.18 bits per heavy atom. The Hall–Kier alpha value is -1.64. The summed E-state index contributed by atoms with van der Waals surface area (Å²) in [5, 5.41) is 0. The fraction of sp³-hybridized carbons (Fsp3) is 0.286. The molecule has 1 aromatic carbocycles. The Morgan fingerprint density at radius 3 is 2.82 bits per heavy atom. The summed E-state index contributed by atoms with van der Waals surface area (Å²) in [4.78, 5) is 0. The lowest BCUT2D eigenvalue weighted by Crippen LogP contribution is -2.00. The van der Waals surface area contributed by atoms with E-state index in [-0.39, 0.29) is 0 Å². The SMILES string of the molecule is CC=CC(CC)c1ccccc1C1=CO[B]O1. The molecule has 1 unspecified atom stereocenters. The molecule has 0 aromatic heterocycles. The minimum absolute atomic E-state index is 0.418. The molecule has 0 bridgehead atoms. The summed E-state index contributed by atoms with van der Waals surface area (Å²) in [6.07, 6.45) is 7.02. The van der Waals surface area contributed by atoms with E-state index >= 15 is 0 Å². The summed E-state index contributed by atoms with van der Waals surface area (Å²) in [5.41, 5.74) is 2.38. The first-order chi connectivity index (χ1) is 8.36. The van der Waals surface area contributed by atoms with Crippen molar-refractivity contribution in [1.82, 2.24) is 0 Å². The third kappa shape index (κ3) is 2.55. The van der Waals surface area contributed by atoms with Gasteiger partial charge in [0.2, 0.25) is 0 Å². The largest absolute Gasteiger partial charge is 0.657 e. The maximum atomic E-state index is 5.34. The van der Waals surface area contributed by atoms with E-state index in [9.17, 15) is 0 Å². The molecule has 3 heteroatoms. The highest BCUT2D eigenvalue weighted by atomic mass is 16.6. The van der Waals surface area contributed by atoms with Gasteiger partial charge in [-0.05, 0) is 18.9 Å². The van der Waals surface area contributed by atoms with Gasteiger partial charge in [0, 0.05) is 11.5 Å². The number of hydrogen-bond donors (Lipinski definition) is 0. The van der Waals surface area contributed by atoms with Gasteiger partial charge in [0.15, 0.2) is 0 Å². The van der Waals surface area contributed by atoms with Gasteiger partial charge >= 0.3 is 7.69 Å². The van der Waals surface area contributed by atoms with Crippen molar-refractivity contribution in [3.63, 3.8) is 0 Å². The fourth-order valence-electron chi connectivity index (χ4n) is 2.06. The van der Waals surface area contributed by atoms with Gasteiger partial charge in [-0.1, -0.05) is 43.3 Å². The average molecular weight is 227 g/mol. The van der Waals surface area contributed by atoms with E-state index in [1.165, 1.54) is 13.2 Å². The Labute approximate surface area is 103 Å². The molecule has 17 heavy (non-hydrogen) atoms. The van der Waals surface area contributed by atoms with Crippen LogP contribution < -0.4 is 0 Å². The van der Waals surface area contributed by atoms with E-state index in [4.69, 9.17) is 9.31 Å². The first kappa shape index (κ1) is 11.8. The van der Waals surface area contributed by atoms with Crippen LogP contribution in [0.5, 0.6) is 0 Å². The van der Waals surface area contributed by atoms with Crippen LogP contribution in [-0.4, -0.2) is 7.69 Å². The van der Waals surface area contributed by atoms with E-state index in [1.54, 1.807) is 6.26 Å². The van der Waals surface area contributed by atoms with Gasteiger partial charge in [-0.3, -0.25) is 0 Å². The van der Waals surface area contributed by atoms with Gasteiger partial charge in [0.05, 0.1) is 0 Å². The molecule has 1 atom stereocenters. The molecule has 1 aromatic rings. The Bertz CT molecular complexity index is 438. The number of allylic oxidation sites excluding steroid dienone is 2. The molecule has 1 aliphatic heterocycles. The van der Waals surface area contributed by atoms with Crippen LogP contribution >= 0.6 is 0 Å². The molecular formula is C14H16BO2. The zero-order valence-corrected chi connectivity index (χ0v) is 10.2. The standard InChI is InChI=1S/C14H16BO2/c1-3-7-11(4-2)12-8-5-6-9-13(12)14-10-16-15-17-14/h3,5-11H,4H2,1-2H3. The highest BCUT2D eigenvalue weighted by Crippen LogP contribution is 2.30. The van der Waals surface area contributed by atoms with Crippen LogP contribution in [-0.2, 0) is 9.31 Å². The zero-order valence-electron chi connectivity index (χ0n) is 10.2. The maximum Gasteiger partial charge on any atom is 0.657 e. The molecule has 0 N–H and O–H groups in total. The Morgan fingerprint density at radius 1 is 1.35 bits per heavy atom. The van der Waals surface area contributed by atoms with Gasteiger partial charge in [0.1, 0.15) is 12.0 Å².